The van der Waals surface area contributed by atoms with E-state index in [0.29, 0.717) is 3.42 Å². The summed E-state index contributed by atoms with van der Waals surface area (Å²) < 4.78 is 0.548. The van der Waals surface area contributed by atoms with Gasteiger partial charge in [0.25, 0.3) is 0 Å². The van der Waals surface area contributed by atoms with Gasteiger partial charge in [0.15, 0.2) is 0 Å². The van der Waals surface area contributed by atoms with Crippen LogP contribution in [-0.4, -0.2) is 3.42 Å². The average molecular weight is 336 g/mol. The van der Waals surface area contributed by atoms with Crippen molar-refractivity contribution in [2.45, 2.75) is 41.9 Å². The van der Waals surface area contributed by atoms with Crippen molar-refractivity contribution in [3.63, 3.8) is 0 Å². The smallest absolute Gasteiger partial charge is 0.0466 e. The van der Waals surface area contributed by atoms with E-state index < -0.39 is 0 Å². The van der Waals surface area contributed by atoms with Crippen molar-refractivity contribution in [3.05, 3.63) is 47.0 Å². The van der Waals surface area contributed by atoms with Gasteiger partial charge in [0.05, 0.1) is 0 Å². The van der Waals surface area contributed by atoms with Crippen LogP contribution in [0.1, 0.15) is 36.8 Å². The van der Waals surface area contributed by atoms with Crippen molar-refractivity contribution in [2.75, 3.05) is 0 Å². The van der Waals surface area contributed by atoms with Crippen LogP contribution in [0.4, 0.5) is 0 Å². The molecule has 1 spiro atoms. The fourth-order valence-corrected chi connectivity index (χ4v) is 5.15. The second-order valence-corrected chi connectivity index (χ2v) is 7.99. The van der Waals surface area contributed by atoms with Crippen molar-refractivity contribution < 1.29 is 0 Å². The zero-order valence-corrected chi connectivity index (χ0v) is 12.2. The summed E-state index contributed by atoms with van der Waals surface area (Å²) in [7, 11) is 0. The maximum atomic E-state index is 2.72. The van der Waals surface area contributed by atoms with Crippen molar-refractivity contribution in [2.24, 2.45) is 5.41 Å². The van der Waals surface area contributed by atoms with Crippen LogP contribution in [0.3, 0.4) is 0 Å². The Bertz CT molecular complexity index is 510. The second kappa shape index (κ2) is 3.37. The van der Waals surface area contributed by atoms with Gasteiger partial charge >= 0.3 is 0 Å². The molecule has 1 aromatic carbocycles. The minimum absolute atomic E-state index is 0.548. The number of hydrogen-bond acceptors (Lipinski definition) is 0. The first-order valence-electron chi connectivity index (χ1n) is 6.67. The topological polar surface area (TPSA) is 0 Å². The van der Waals surface area contributed by atoms with Gasteiger partial charge in [-0.2, -0.15) is 0 Å². The minimum atomic E-state index is 0.548. The third-order valence-corrected chi connectivity index (χ3v) is 6.73. The van der Waals surface area contributed by atoms with Gasteiger partial charge < -0.3 is 0 Å². The van der Waals surface area contributed by atoms with Gasteiger partial charge in [0.1, 0.15) is 0 Å². The fourth-order valence-electron chi connectivity index (χ4n) is 3.44. The molecule has 1 atom stereocenters. The van der Waals surface area contributed by atoms with E-state index in [4.69, 9.17) is 0 Å². The standard InChI is InChI=1S/C16H17I/c17-16(11-15(16)7-8-15)10-12-5-6-13-3-1-2-4-14(13)9-12/h1-4,10H,5-9,11H2/b12-10+. The molecule has 1 heteroatoms. The van der Waals surface area contributed by atoms with E-state index in [0.717, 1.165) is 5.41 Å². The maximum Gasteiger partial charge on any atom is 0.0466 e. The first-order chi connectivity index (χ1) is 8.21. The quantitative estimate of drug-likeness (QED) is 0.404. The number of aryl methyl sites for hydroxylation is 1. The van der Waals surface area contributed by atoms with Crippen LogP contribution in [0.25, 0.3) is 0 Å². The Labute approximate surface area is 117 Å². The molecular formula is C16H17I. The van der Waals surface area contributed by atoms with E-state index in [-0.39, 0.29) is 0 Å². The molecule has 0 amide bonds. The molecule has 88 valence electrons. The number of allylic oxidation sites excluding steroid dienone is 2. The Balaban J connectivity index is 1.60. The average Bonchev–Trinajstić information content (AvgIpc) is 3.20. The van der Waals surface area contributed by atoms with E-state index in [1.807, 2.05) is 0 Å². The molecule has 0 nitrogen and oxygen atoms in total. The zero-order valence-electron chi connectivity index (χ0n) is 10.0. The van der Waals surface area contributed by atoms with Crippen molar-refractivity contribution in [1.29, 1.82) is 0 Å². The normalized spacial score (nSPS) is 34.8. The van der Waals surface area contributed by atoms with Crippen LogP contribution >= 0.6 is 22.6 Å². The van der Waals surface area contributed by atoms with Gasteiger partial charge in [-0.3, -0.25) is 0 Å². The van der Waals surface area contributed by atoms with Gasteiger partial charge in [-0.25, -0.2) is 0 Å². The van der Waals surface area contributed by atoms with Crippen LogP contribution < -0.4 is 0 Å². The lowest BCUT2D eigenvalue weighted by atomic mass is 9.87. The lowest BCUT2D eigenvalue weighted by Crippen LogP contribution is -2.08. The molecule has 0 radical (unpaired) electrons. The molecule has 0 heterocycles. The SMILES string of the molecule is IC1(/C=C2\CCc3ccccc3C2)CC12CC2. The van der Waals surface area contributed by atoms with Crippen molar-refractivity contribution in [3.8, 4) is 0 Å². The molecule has 0 aromatic heterocycles. The summed E-state index contributed by atoms with van der Waals surface area (Å²) in [5.41, 5.74) is 5.60. The Kier molecular flexibility index (Phi) is 2.10. The predicted octanol–water partition coefficient (Wildman–Crippen LogP) is 4.46. The predicted molar refractivity (Wildman–Crippen MR) is 79.6 cm³/mol. The molecule has 4 rings (SSSR count). The van der Waals surface area contributed by atoms with Crippen LogP contribution in [0, 0.1) is 5.41 Å². The largest absolute Gasteiger partial charge is 0.0737 e. The van der Waals surface area contributed by atoms with Crippen LogP contribution in [0.15, 0.2) is 35.9 Å². The molecule has 3 aliphatic rings. The zero-order chi connectivity index (χ0) is 11.5. The molecule has 1 aromatic rings. The molecule has 3 aliphatic carbocycles. The van der Waals surface area contributed by atoms with Gasteiger partial charge in [-0.05, 0) is 55.1 Å². The van der Waals surface area contributed by atoms with E-state index in [9.17, 15) is 0 Å². The number of alkyl halides is 1. The fraction of sp³-hybridized carbons (Fsp3) is 0.500. The highest BCUT2D eigenvalue weighted by Crippen LogP contribution is 2.78. The molecule has 1 unspecified atom stereocenters. The first kappa shape index (κ1) is 10.6. The van der Waals surface area contributed by atoms with Crippen molar-refractivity contribution >= 4 is 22.6 Å². The highest BCUT2D eigenvalue weighted by atomic mass is 127. The van der Waals surface area contributed by atoms with E-state index in [2.05, 4.69) is 52.9 Å². The summed E-state index contributed by atoms with van der Waals surface area (Å²) in [6.07, 6.45) is 10.8. The summed E-state index contributed by atoms with van der Waals surface area (Å²) in [5, 5.41) is 0. The lowest BCUT2D eigenvalue weighted by molar-refractivity contribution is 0.809. The van der Waals surface area contributed by atoms with Crippen LogP contribution in [0.5, 0.6) is 0 Å². The van der Waals surface area contributed by atoms with Gasteiger partial charge in [0, 0.05) is 3.42 Å². The van der Waals surface area contributed by atoms with E-state index >= 15 is 0 Å². The minimum Gasteiger partial charge on any atom is -0.0737 e. The molecule has 2 fully saturated rings. The monoisotopic (exact) mass is 336 g/mol. The molecule has 0 bridgehead atoms. The highest BCUT2D eigenvalue weighted by Gasteiger charge is 2.71. The Morgan fingerprint density at radius 3 is 2.53 bits per heavy atom. The summed E-state index contributed by atoms with van der Waals surface area (Å²) in [6.45, 7) is 0. The second-order valence-electron chi connectivity index (χ2n) is 6.07. The third-order valence-electron chi connectivity index (χ3n) is 4.89. The van der Waals surface area contributed by atoms with E-state index in [1.165, 1.54) is 38.5 Å². The van der Waals surface area contributed by atoms with Gasteiger partial charge in [-0.1, -0.05) is 58.5 Å². The number of benzene rings is 1. The molecule has 2 saturated carbocycles. The Morgan fingerprint density at radius 2 is 1.82 bits per heavy atom. The van der Waals surface area contributed by atoms with Crippen LogP contribution in [-0.2, 0) is 12.8 Å². The molecule has 0 aliphatic heterocycles. The number of hydrogen-bond donors (Lipinski definition) is 0. The van der Waals surface area contributed by atoms with Gasteiger partial charge in [0.2, 0.25) is 0 Å². The molecule has 0 N–H and O–H groups in total. The number of fused-ring (bicyclic) bond motifs is 1. The summed E-state index contributed by atoms with van der Waals surface area (Å²) in [5.74, 6) is 0. The van der Waals surface area contributed by atoms with Crippen molar-refractivity contribution in [1.82, 2.24) is 0 Å². The molecular weight excluding hydrogens is 319 g/mol. The number of rotatable bonds is 1. The molecule has 17 heavy (non-hydrogen) atoms. The highest BCUT2D eigenvalue weighted by molar-refractivity contribution is 14.1. The van der Waals surface area contributed by atoms with Crippen LogP contribution in [0.2, 0.25) is 0 Å². The van der Waals surface area contributed by atoms with Gasteiger partial charge in [-0.15, -0.1) is 0 Å². The first-order valence-corrected chi connectivity index (χ1v) is 7.75. The summed E-state index contributed by atoms with van der Waals surface area (Å²) >= 11 is 2.72. The third kappa shape index (κ3) is 1.61. The Morgan fingerprint density at radius 1 is 1.06 bits per heavy atom. The molecule has 0 saturated heterocycles. The summed E-state index contributed by atoms with van der Waals surface area (Å²) in [4.78, 5) is 0. The van der Waals surface area contributed by atoms with E-state index in [1.54, 1.807) is 16.7 Å². The maximum absolute atomic E-state index is 2.72. The lowest BCUT2D eigenvalue weighted by Gasteiger charge is -2.19. The summed E-state index contributed by atoms with van der Waals surface area (Å²) in [6, 6.07) is 8.96. The Hall–Kier alpha value is -0.310. The number of halogens is 1.